The first-order valence-electron chi connectivity index (χ1n) is 14.5. The number of rotatable bonds is 5. The number of benzene rings is 1. The van der Waals surface area contributed by atoms with Gasteiger partial charge >= 0.3 is 5.97 Å². The van der Waals surface area contributed by atoms with Crippen molar-refractivity contribution in [1.82, 2.24) is 24.5 Å². The van der Waals surface area contributed by atoms with Gasteiger partial charge < -0.3 is 19.8 Å². The smallest absolute Gasteiger partial charge is 0.354 e. The van der Waals surface area contributed by atoms with Gasteiger partial charge in [-0.2, -0.15) is 0 Å². The van der Waals surface area contributed by atoms with Crippen LogP contribution in [0.3, 0.4) is 0 Å². The van der Waals surface area contributed by atoms with Gasteiger partial charge in [-0.15, -0.1) is 5.10 Å². The van der Waals surface area contributed by atoms with Crippen molar-refractivity contribution in [1.29, 1.82) is 0 Å². The van der Waals surface area contributed by atoms with Crippen LogP contribution in [0.2, 0.25) is 0 Å². The predicted molar refractivity (Wildman–Crippen MR) is 159 cm³/mol. The van der Waals surface area contributed by atoms with Gasteiger partial charge in [-0.05, 0) is 42.7 Å². The summed E-state index contributed by atoms with van der Waals surface area (Å²) in [6, 6.07) is 17.9. The molecular formula is C32H35N7O3. The number of aromatic carboxylic acids is 1. The lowest BCUT2D eigenvalue weighted by Gasteiger charge is -2.26. The number of nitrogens with zero attached hydrogens (tertiary/aromatic N) is 7. The van der Waals surface area contributed by atoms with Crippen LogP contribution in [-0.4, -0.2) is 80.7 Å². The van der Waals surface area contributed by atoms with Crippen LogP contribution in [-0.2, 0) is 5.41 Å². The van der Waals surface area contributed by atoms with E-state index in [0.29, 0.717) is 31.1 Å². The van der Waals surface area contributed by atoms with Crippen LogP contribution in [0.25, 0.3) is 5.65 Å². The molecule has 4 aromatic rings. The van der Waals surface area contributed by atoms with E-state index in [1.807, 2.05) is 24.1 Å². The number of aromatic nitrogens is 4. The summed E-state index contributed by atoms with van der Waals surface area (Å²) in [5.74, 6) is -0.0460. The molecule has 1 aromatic carbocycles. The van der Waals surface area contributed by atoms with Gasteiger partial charge in [-0.1, -0.05) is 50.2 Å². The summed E-state index contributed by atoms with van der Waals surface area (Å²) >= 11 is 0. The average Bonchev–Trinajstić information content (AvgIpc) is 3.74. The third kappa shape index (κ3) is 4.36. The Morgan fingerprint density at radius 3 is 2.52 bits per heavy atom. The van der Waals surface area contributed by atoms with Crippen molar-refractivity contribution in [2.24, 2.45) is 11.3 Å². The second-order valence-electron chi connectivity index (χ2n) is 12.8. The van der Waals surface area contributed by atoms with E-state index in [2.05, 4.69) is 75.1 Å². The minimum atomic E-state index is -1.03. The number of carboxylic acid groups (broad SMARTS) is 1. The maximum absolute atomic E-state index is 13.6. The van der Waals surface area contributed by atoms with Gasteiger partial charge in [0, 0.05) is 56.0 Å². The lowest BCUT2D eigenvalue weighted by molar-refractivity contribution is 0.0689. The van der Waals surface area contributed by atoms with Crippen LogP contribution in [0.1, 0.15) is 52.5 Å². The summed E-state index contributed by atoms with van der Waals surface area (Å²) in [6.45, 7) is 11.0. The van der Waals surface area contributed by atoms with E-state index in [1.54, 1.807) is 10.6 Å². The molecule has 0 saturated carbocycles. The zero-order chi connectivity index (χ0) is 29.2. The molecule has 1 amide bonds. The molecule has 0 aliphatic carbocycles. The number of fused-ring (bicyclic) bond motifs is 2. The molecule has 0 radical (unpaired) electrons. The van der Waals surface area contributed by atoms with Crippen molar-refractivity contribution in [3.8, 4) is 0 Å². The number of carboxylic acids is 1. The highest BCUT2D eigenvalue weighted by Crippen LogP contribution is 2.43. The highest BCUT2D eigenvalue weighted by Gasteiger charge is 2.51. The summed E-state index contributed by atoms with van der Waals surface area (Å²) in [6.07, 6.45) is 3.07. The Morgan fingerprint density at radius 2 is 1.76 bits per heavy atom. The number of anilines is 2. The fourth-order valence-corrected chi connectivity index (χ4v) is 7.18. The quantitative estimate of drug-likeness (QED) is 0.388. The molecule has 3 aliphatic heterocycles. The highest BCUT2D eigenvalue weighted by molar-refractivity contribution is 5.91. The number of pyridine rings is 2. The minimum Gasteiger partial charge on any atom is -0.477 e. The van der Waals surface area contributed by atoms with Crippen molar-refractivity contribution in [2.45, 2.75) is 32.6 Å². The molecule has 0 spiro atoms. The first kappa shape index (κ1) is 26.4. The van der Waals surface area contributed by atoms with Crippen LogP contribution in [0.4, 0.5) is 11.5 Å². The summed E-state index contributed by atoms with van der Waals surface area (Å²) in [5, 5.41) is 14.0. The van der Waals surface area contributed by atoms with E-state index in [9.17, 15) is 14.7 Å². The SMILES string of the molecule is Cc1cc(N2CC[C@](C)(c3ccccc3)C2)cn2nc(C(=O)N3C[C@@H]4CN(c5cccc(C(=O)O)n5)C[C@]4(C)C3)nc12. The van der Waals surface area contributed by atoms with Crippen molar-refractivity contribution in [2.75, 3.05) is 49.1 Å². The molecule has 3 aliphatic rings. The Balaban J connectivity index is 1.07. The van der Waals surface area contributed by atoms with Crippen LogP contribution in [0, 0.1) is 18.3 Å². The fourth-order valence-electron chi connectivity index (χ4n) is 7.18. The maximum Gasteiger partial charge on any atom is 0.354 e. The van der Waals surface area contributed by atoms with Gasteiger partial charge in [-0.3, -0.25) is 4.79 Å². The van der Waals surface area contributed by atoms with Crippen molar-refractivity contribution in [3.63, 3.8) is 0 Å². The number of carbonyl (C=O) groups is 2. The van der Waals surface area contributed by atoms with Gasteiger partial charge in [-0.25, -0.2) is 19.3 Å². The zero-order valence-corrected chi connectivity index (χ0v) is 24.2. The summed E-state index contributed by atoms with van der Waals surface area (Å²) in [4.78, 5) is 40.4. The first-order valence-corrected chi connectivity index (χ1v) is 14.5. The molecule has 216 valence electrons. The van der Waals surface area contributed by atoms with Gasteiger partial charge in [0.15, 0.2) is 11.3 Å². The Morgan fingerprint density at radius 1 is 0.952 bits per heavy atom. The molecule has 3 atom stereocenters. The normalized spacial score (nSPS) is 25.4. The molecule has 7 rings (SSSR count). The lowest BCUT2D eigenvalue weighted by Crippen LogP contribution is -2.36. The molecule has 10 heteroatoms. The van der Waals surface area contributed by atoms with E-state index in [1.165, 1.54) is 11.6 Å². The molecule has 1 N–H and O–H groups in total. The van der Waals surface area contributed by atoms with Gasteiger partial charge in [0.25, 0.3) is 5.91 Å². The molecule has 3 aromatic heterocycles. The van der Waals surface area contributed by atoms with Crippen LogP contribution in [0.15, 0.2) is 60.8 Å². The fraction of sp³-hybridized carbons (Fsp3) is 0.406. The van der Waals surface area contributed by atoms with Gasteiger partial charge in [0.1, 0.15) is 5.82 Å². The third-order valence-corrected chi connectivity index (χ3v) is 9.64. The van der Waals surface area contributed by atoms with Gasteiger partial charge in [0.05, 0.1) is 11.9 Å². The van der Waals surface area contributed by atoms with E-state index >= 15 is 0 Å². The second-order valence-corrected chi connectivity index (χ2v) is 12.8. The van der Waals surface area contributed by atoms with Crippen molar-refractivity contribution in [3.05, 3.63) is 83.4 Å². The molecule has 0 unspecified atom stereocenters. The molecule has 10 nitrogen and oxygen atoms in total. The van der Waals surface area contributed by atoms with Gasteiger partial charge in [0.2, 0.25) is 5.82 Å². The second kappa shape index (κ2) is 9.54. The predicted octanol–water partition coefficient (Wildman–Crippen LogP) is 3.90. The summed E-state index contributed by atoms with van der Waals surface area (Å²) in [7, 11) is 0. The number of carbonyl (C=O) groups excluding carboxylic acids is 1. The van der Waals surface area contributed by atoms with E-state index in [0.717, 1.165) is 37.3 Å². The Bertz CT molecular complexity index is 1710. The van der Waals surface area contributed by atoms with Crippen molar-refractivity contribution >= 4 is 29.0 Å². The molecular weight excluding hydrogens is 530 g/mol. The molecule has 0 bridgehead atoms. The van der Waals surface area contributed by atoms with E-state index < -0.39 is 5.97 Å². The standard InChI is InChI=1S/C32H35N7O3/c1-21-14-24(36-13-12-31(2,18-36)22-8-5-4-6-9-22)17-39-28(21)34-27(35-39)29(40)38-16-23-15-37(19-32(23,3)20-38)26-11-7-10-25(33-26)30(41)42/h4-11,14,17,23H,12-13,15-16,18-20H2,1-3H3,(H,41,42)/t23-,31-,32+/m0/s1. The Kier molecular flexibility index (Phi) is 6.00. The third-order valence-electron chi connectivity index (χ3n) is 9.64. The first-order chi connectivity index (χ1) is 20.1. The lowest BCUT2D eigenvalue weighted by atomic mass is 9.82. The number of hydrogen-bond acceptors (Lipinski definition) is 7. The Hall–Kier alpha value is -4.47. The molecule has 6 heterocycles. The average molecular weight is 566 g/mol. The summed E-state index contributed by atoms with van der Waals surface area (Å²) in [5.41, 5.74) is 4.14. The Labute approximate surface area is 244 Å². The molecule has 42 heavy (non-hydrogen) atoms. The number of hydrogen-bond donors (Lipinski definition) is 1. The van der Waals surface area contributed by atoms with Crippen molar-refractivity contribution < 1.29 is 14.7 Å². The molecule has 3 fully saturated rings. The maximum atomic E-state index is 13.6. The van der Waals surface area contributed by atoms with E-state index in [-0.39, 0.29) is 34.2 Å². The molecule has 3 saturated heterocycles. The van der Waals surface area contributed by atoms with Crippen LogP contribution < -0.4 is 9.80 Å². The topological polar surface area (TPSA) is 107 Å². The monoisotopic (exact) mass is 565 g/mol. The number of likely N-dealkylation sites (tertiary alicyclic amines) is 1. The van der Waals surface area contributed by atoms with Crippen LogP contribution in [0.5, 0.6) is 0 Å². The minimum absolute atomic E-state index is 0.0397. The van der Waals surface area contributed by atoms with E-state index in [4.69, 9.17) is 0 Å². The highest BCUT2D eigenvalue weighted by atomic mass is 16.4. The largest absolute Gasteiger partial charge is 0.477 e. The zero-order valence-electron chi connectivity index (χ0n) is 24.2. The summed E-state index contributed by atoms with van der Waals surface area (Å²) < 4.78 is 1.76. The van der Waals surface area contributed by atoms with Crippen LogP contribution >= 0.6 is 0 Å². The number of amides is 1. The number of aryl methyl sites for hydroxylation is 1.